The zero-order valence-corrected chi connectivity index (χ0v) is 17.8. The molecule has 4 aromatic rings. The van der Waals surface area contributed by atoms with Crippen molar-refractivity contribution >= 4 is 11.6 Å². The standard InChI is InChI=1S/C24H21N3O5/c1-15(28)25-18-7-11-20(12-8-18)31-19-9-4-16(5-10-19)23-26-24(32-27-23)17-6-13-21(29-2)22(14-17)30-3/h4-14H,1-3H3,(H,25,28). The fourth-order valence-electron chi connectivity index (χ4n) is 3.04. The van der Waals surface area contributed by atoms with E-state index < -0.39 is 0 Å². The molecular weight excluding hydrogens is 410 g/mol. The summed E-state index contributed by atoms with van der Waals surface area (Å²) in [6, 6.07) is 19.9. The van der Waals surface area contributed by atoms with Crippen LogP contribution in [0.5, 0.6) is 23.0 Å². The monoisotopic (exact) mass is 431 g/mol. The van der Waals surface area contributed by atoms with Gasteiger partial charge in [0.1, 0.15) is 11.5 Å². The van der Waals surface area contributed by atoms with Crippen molar-refractivity contribution in [3.8, 4) is 45.8 Å². The SMILES string of the molecule is COc1ccc(-c2nc(-c3ccc(Oc4ccc(NC(C)=O)cc4)cc3)no2)cc1OC. The highest BCUT2D eigenvalue weighted by Crippen LogP contribution is 2.32. The molecule has 0 unspecified atom stereocenters. The maximum absolute atomic E-state index is 11.1. The Morgan fingerprint density at radius 3 is 2.09 bits per heavy atom. The van der Waals surface area contributed by atoms with E-state index in [0.29, 0.717) is 40.4 Å². The molecule has 0 aliphatic heterocycles. The minimum Gasteiger partial charge on any atom is -0.493 e. The molecule has 162 valence electrons. The van der Waals surface area contributed by atoms with Crippen molar-refractivity contribution in [3.05, 3.63) is 66.7 Å². The van der Waals surface area contributed by atoms with Crippen LogP contribution in [0.25, 0.3) is 22.8 Å². The quantitative estimate of drug-likeness (QED) is 0.431. The number of carbonyl (C=O) groups excluding carboxylic acids is 1. The van der Waals surface area contributed by atoms with Crippen molar-refractivity contribution in [2.75, 3.05) is 19.5 Å². The summed E-state index contributed by atoms with van der Waals surface area (Å²) in [4.78, 5) is 15.6. The summed E-state index contributed by atoms with van der Waals surface area (Å²) in [7, 11) is 3.15. The molecule has 0 aliphatic rings. The van der Waals surface area contributed by atoms with E-state index in [9.17, 15) is 4.79 Å². The Bertz CT molecular complexity index is 1220. The third-order valence-electron chi connectivity index (χ3n) is 4.58. The Kier molecular flexibility index (Phi) is 6.03. The Hall–Kier alpha value is -4.33. The van der Waals surface area contributed by atoms with Crippen molar-refractivity contribution in [1.29, 1.82) is 0 Å². The van der Waals surface area contributed by atoms with Gasteiger partial charge in [-0.25, -0.2) is 0 Å². The molecule has 0 saturated carbocycles. The number of carbonyl (C=O) groups is 1. The minimum atomic E-state index is -0.120. The summed E-state index contributed by atoms with van der Waals surface area (Å²) in [5, 5.41) is 6.79. The molecule has 1 N–H and O–H groups in total. The maximum atomic E-state index is 11.1. The van der Waals surface area contributed by atoms with E-state index in [1.807, 2.05) is 30.3 Å². The molecule has 32 heavy (non-hydrogen) atoms. The lowest BCUT2D eigenvalue weighted by atomic mass is 10.2. The molecule has 4 rings (SSSR count). The molecule has 0 atom stereocenters. The molecule has 0 fully saturated rings. The van der Waals surface area contributed by atoms with Crippen molar-refractivity contribution in [2.24, 2.45) is 0 Å². The Labute approximate surface area is 184 Å². The molecule has 1 aromatic heterocycles. The van der Waals surface area contributed by atoms with Gasteiger partial charge in [-0.2, -0.15) is 4.98 Å². The lowest BCUT2D eigenvalue weighted by Crippen LogP contribution is -2.05. The summed E-state index contributed by atoms with van der Waals surface area (Å²) in [6.45, 7) is 1.46. The van der Waals surface area contributed by atoms with E-state index in [1.54, 1.807) is 50.6 Å². The Morgan fingerprint density at radius 1 is 0.844 bits per heavy atom. The highest BCUT2D eigenvalue weighted by atomic mass is 16.5. The van der Waals surface area contributed by atoms with Crippen molar-refractivity contribution in [2.45, 2.75) is 6.92 Å². The van der Waals surface area contributed by atoms with E-state index >= 15 is 0 Å². The number of methoxy groups -OCH3 is 2. The van der Waals surface area contributed by atoms with Gasteiger partial charge in [-0.05, 0) is 66.7 Å². The Morgan fingerprint density at radius 2 is 1.47 bits per heavy atom. The molecule has 1 heterocycles. The fourth-order valence-corrected chi connectivity index (χ4v) is 3.04. The van der Waals surface area contributed by atoms with Crippen molar-refractivity contribution in [3.63, 3.8) is 0 Å². The molecular formula is C24H21N3O5. The third-order valence-corrected chi connectivity index (χ3v) is 4.58. The lowest BCUT2D eigenvalue weighted by molar-refractivity contribution is -0.114. The van der Waals surface area contributed by atoms with Gasteiger partial charge in [-0.15, -0.1) is 0 Å². The number of anilines is 1. The van der Waals surface area contributed by atoms with Crippen LogP contribution in [0.1, 0.15) is 6.92 Å². The first-order valence-electron chi connectivity index (χ1n) is 9.78. The first-order valence-corrected chi connectivity index (χ1v) is 9.78. The van der Waals surface area contributed by atoms with Crippen molar-refractivity contribution in [1.82, 2.24) is 10.1 Å². The topological polar surface area (TPSA) is 95.7 Å². The fraction of sp³-hybridized carbons (Fsp3) is 0.125. The molecule has 0 bridgehead atoms. The van der Waals surface area contributed by atoms with Gasteiger partial charge in [-0.3, -0.25) is 4.79 Å². The summed E-state index contributed by atoms with van der Waals surface area (Å²) in [5.41, 5.74) is 2.22. The Balaban J connectivity index is 1.47. The molecule has 1 amide bonds. The van der Waals surface area contributed by atoms with Gasteiger partial charge in [-0.1, -0.05) is 5.16 Å². The van der Waals surface area contributed by atoms with Gasteiger partial charge in [0.15, 0.2) is 11.5 Å². The van der Waals surface area contributed by atoms with Crippen LogP contribution in [0.2, 0.25) is 0 Å². The predicted molar refractivity (Wildman–Crippen MR) is 119 cm³/mol. The molecule has 3 aromatic carbocycles. The van der Waals surface area contributed by atoms with Crippen LogP contribution in [-0.2, 0) is 4.79 Å². The number of hydrogen-bond donors (Lipinski definition) is 1. The molecule has 8 nitrogen and oxygen atoms in total. The van der Waals surface area contributed by atoms with Crippen LogP contribution in [0.3, 0.4) is 0 Å². The predicted octanol–water partition coefficient (Wildman–Crippen LogP) is 5.17. The van der Waals surface area contributed by atoms with Crippen LogP contribution >= 0.6 is 0 Å². The number of nitrogens with one attached hydrogen (secondary N) is 1. The first-order chi connectivity index (χ1) is 15.6. The van der Waals surface area contributed by atoms with Crippen LogP contribution in [0.15, 0.2) is 71.3 Å². The summed E-state index contributed by atoms with van der Waals surface area (Å²) >= 11 is 0. The highest BCUT2D eigenvalue weighted by Gasteiger charge is 2.13. The summed E-state index contributed by atoms with van der Waals surface area (Å²) < 4.78 is 21.9. The average molecular weight is 431 g/mol. The van der Waals surface area contributed by atoms with Crippen LogP contribution in [0.4, 0.5) is 5.69 Å². The van der Waals surface area contributed by atoms with E-state index in [2.05, 4.69) is 15.5 Å². The van der Waals surface area contributed by atoms with Crippen LogP contribution < -0.4 is 19.5 Å². The van der Waals surface area contributed by atoms with Gasteiger partial charge in [0, 0.05) is 23.7 Å². The number of benzene rings is 3. The maximum Gasteiger partial charge on any atom is 0.258 e. The van der Waals surface area contributed by atoms with Gasteiger partial charge in [0.2, 0.25) is 11.7 Å². The minimum absolute atomic E-state index is 0.120. The molecule has 0 radical (unpaired) electrons. The van der Waals surface area contributed by atoms with Gasteiger partial charge < -0.3 is 24.1 Å². The normalized spacial score (nSPS) is 10.5. The largest absolute Gasteiger partial charge is 0.493 e. The average Bonchev–Trinajstić information content (AvgIpc) is 3.30. The van der Waals surface area contributed by atoms with Gasteiger partial charge in [0.25, 0.3) is 5.89 Å². The van der Waals surface area contributed by atoms with Crippen LogP contribution in [0, 0.1) is 0 Å². The lowest BCUT2D eigenvalue weighted by Gasteiger charge is -2.07. The van der Waals surface area contributed by atoms with E-state index in [-0.39, 0.29) is 5.91 Å². The molecule has 8 heteroatoms. The van der Waals surface area contributed by atoms with E-state index in [4.69, 9.17) is 18.7 Å². The summed E-state index contributed by atoms with van der Waals surface area (Å²) in [6.07, 6.45) is 0. The third kappa shape index (κ3) is 4.70. The number of amides is 1. The molecule has 0 saturated heterocycles. The van der Waals surface area contributed by atoms with E-state index in [0.717, 1.165) is 11.1 Å². The van der Waals surface area contributed by atoms with Crippen LogP contribution in [-0.4, -0.2) is 30.3 Å². The second-order valence-corrected chi connectivity index (χ2v) is 6.82. The van der Waals surface area contributed by atoms with Crippen molar-refractivity contribution < 1.29 is 23.5 Å². The second-order valence-electron chi connectivity index (χ2n) is 6.82. The van der Waals surface area contributed by atoms with Gasteiger partial charge >= 0.3 is 0 Å². The van der Waals surface area contributed by atoms with Gasteiger partial charge in [0.05, 0.1) is 14.2 Å². The second kappa shape index (κ2) is 9.22. The zero-order chi connectivity index (χ0) is 22.5. The highest BCUT2D eigenvalue weighted by molar-refractivity contribution is 5.88. The molecule has 0 aliphatic carbocycles. The number of nitrogens with zero attached hydrogens (tertiary/aromatic N) is 2. The number of hydrogen-bond acceptors (Lipinski definition) is 7. The number of aromatic nitrogens is 2. The first kappa shape index (κ1) is 20.9. The summed E-state index contributed by atoms with van der Waals surface area (Å²) in [5.74, 6) is 3.23. The molecule has 0 spiro atoms. The smallest absolute Gasteiger partial charge is 0.258 e. The number of rotatable bonds is 7. The van der Waals surface area contributed by atoms with E-state index in [1.165, 1.54) is 6.92 Å². The number of ether oxygens (including phenoxy) is 3. The zero-order valence-electron chi connectivity index (χ0n) is 17.8.